The molecule has 0 aliphatic carbocycles. The van der Waals surface area contributed by atoms with Crippen molar-refractivity contribution < 1.29 is 22.6 Å². The van der Waals surface area contributed by atoms with Gasteiger partial charge >= 0.3 is 6.18 Å². The van der Waals surface area contributed by atoms with Gasteiger partial charge in [0.15, 0.2) is 0 Å². The van der Waals surface area contributed by atoms with E-state index in [2.05, 4.69) is 0 Å². The molecule has 158 valence electrons. The van der Waals surface area contributed by atoms with Gasteiger partial charge in [0.25, 0.3) is 0 Å². The molecule has 5 heteroatoms. The third-order valence-corrected chi connectivity index (χ3v) is 4.38. The quantitative estimate of drug-likeness (QED) is 0.216. The third-order valence-electron chi connectivity index (χ3n) is 4.38. The van der Waals surface area contributed by atoms with Crippen LogP contribution in [0, 0.1) is 0 Å². The van der Waals surface area contributed by atoms with Crippen molar-refractivity contribution in [3.8, 4) is 0 Å². The maximum absolute atomic E-state index is 12.0. The zero-order valence-corrected chi connectivity index (χ0v) is 17.0. The van der Waals surface area contributed by atoms with Gasteiger partial charge in [-0.15, -0.1) is 0 Å². The molecule has 0 saturated heterocycles. The summed E-state index contributed by atoms with van der Waals surface area (Å²) in [5.74, 6) is 0. The second-order valence-corrected chi connectivity index (χ2v) is 7.49. The van der Waals surface area contributed by atoms with Crippen molar-refractivity contribution in [1.29, 1.82) is 0 Å². The van der Waals surface area contributed by atoms with Crippen molar-refractivity contribution >= 4 is 0 Å². The number of hydrogen-bond donors (Lipinski definition) is 0. The average Bonchev–Trinajstić information content (AvgIpc) is 2.55. The highest BCUT2D eigenvalue weighted by Gasteiger charge is 2.25. The van der Waals surface area contributed by atoms with Gasteiger partial charge < -0.3 is 9.47 Å². The molecule has 0 heterocycles. The number of hydrogen-bond acceptors (Lipinski definition) is 2. The van der Waals surface area contributed by atoms with Crippen LogP contribution in [0.4, 0.5) is 13.2 Å². The van der Waals surface area contributed by atoms with Crippen molar-refractivity contribution in [2.75, 3.05) is 19.8 Å². The number of halogens is 3. The van der Waals surface area contributed by atoms with Gasteiger partial charge in [0.05, 0.1) is 6.10 Å². The van der Waals surface area contributed by atoms with E-state index in [9.17, 15) is 13.2 Å². The first-order valence-electron chi connectivity index (χ1n) is 10.7. The first-order chi connectivity index (χ1) is 12.4. The van der Waals surface area contributed by atoms with Crippen molar-refractivity contribution in [2.45, 2.75) is 116 Å². The standard InChI is InChI=1S/C21H41F3O2/c1-20(2)26-19-15-18-25-17-14-12-10-8-6-4-3-5-7-9-11-13-16-21(22,23)24/h20H,3-19H2,1-2H3. The Morgan fingerprint density at radius 1 is 0.577 bits per heavy atom. The molecule has 0 aliphatic rings. The van der Waals surface area contributed by atoms with Gasteiger partial charge in [-0.1, -0.05) is 64.2 Å². The summed E-state index contributed by atoms with van der Waals surface area (Å²) in [5.41, 5.74) is 0. The van der Waals surface area contributed by atoms with Crippen LogP contribution in [0.5, 0.6) is 0 Å². The molecule has 26 heavy (non-hydrogen) atoms. The van der Waals surface area contributed by atoms with Gasteiger partial charge in [-0.2, -0.15) is 13.2 Å². The minimum atomic E-state index is -3.98. The van der Waals surface area contributed by atoms with Crippen LogP contribution in [-0.4, -0.2) is 32.1 Å². The van der Waals surface area contributed by atoms with Crippen LogP contribution in [0.15, 0.2) is 0 Å². The Hall–Kier alpha value is -0.290. The summed E-state index contributed by atoms with van der Waals surface area (Å²) in [4.78, 5) is 0. The van der Waals surface area contributed by atoms with Gasteiger partial charge in [0.2, 0.25) is 0 Å². The van der Waals surface area contributed by atoms with Gasteiger partial charge in [-0.25, -0.2) is 0 Å². The van der Waals surface area contributed by atoms with Crippen molar-refractivity contribution in [3.63, 3.8) is 0 Å². The molecule has 0 fully saturated rings. The molecule has 0 aliphatic heterocycles. The lowest BCUT2D eigenvalue weighted by Crippen LogP contribution is -2.07. The Bertz CT molecular complexity index is 281. The highest BCUT2D eigenvalue weighted by molar-refractivity contribution is 4.53. The molecule has 0 bridgehead atoms. The molecule has 0 rings (SSSR count). The maximum Gasteiger partial charge on any atom is 0.389 e. The van der Waals surface area contributed by atoms with E-state index in [0.717, 1.165) is 45.5 Å². The van der Waals surface area contributed by atoms with E-state index in [1.807, 2.05) is 13.8 Å². The monoisotopic (exact) mass is 382 g/mol. The highest BCUT2D eigenvalue weighted by atomic mass is 19.4. The summed E-state index contributed by atoms with van der Waals surface area (Å²) < 4.78 is 47.0. The summed E-state index contributed by atoms with van der Waals surface area (Å²) in [5, 5.41) is 0. The lowest BCUT2D eigenvalue weighted by Gasteiger charge is -2.07. The first-order valence-corrected chi connectivity index (χ1v) is 10.7. The van der Waals surface area contributed by atoms with E-state index >= 15 is 0 Å². The Morgan fingerprint density at radius 2 is 1.00 bits per heavy atom. The summed E-state index contributed by atoms with van der Waals surface area (Å²) in [6.07, 6.45) is 9.58. The molecule has 0 radical (unpaired) electrons. The molecule has 0 spiro atoms. The van der Waals surface area contributed by atoms with E-state index < -0.39 is 12.6 Å². The molecule has 0 N–H and O–H groups in total. The van der Waals surface area contributed by atoms with E-state index in [1.54, 1.807) is 0 Å². The summed E-state index contributed by atoms with van der Waals surface area (Å²) in [6, 6.07) is 0. The van der Waals surface area contributed by atoms with Gasteiger partial charge in [-0.05, 0) is 33.1 Å². The van der Waals surface area contributed by atoms with Crippen LogP contribution in [0.2, 0.25) is 0 Å². The summed E-state index contributed by atoms with van der Waals surface area (Å²) in [7, 11) is 0. The predicted molar refractivity (Wildman–Crippen MR) is 103 cm³/mol. The molecule has 2 nitrogen and oxygen atoms in total. The van der Waals surface area contributed by atoms with Crippen LogP contribution in [-0.2, 0) is 9.47 Å². The lowest BCUT2D eigenvalue weighted by molar-refractivity contribution is -0.135. The van der Waals surface area contributed by atoms with Crippen molar-refractivity contribution in [1.82, 2.24) is 0 Å². The topological polar surface area (TPSA) is 18.5 Å². The Labute approximate surface area is 159 Å². The Balaban J connectivity index is 3.03. The van der Waals surface area contributed by atoms with E-state index in [-0.39, 0.29) is 0 Å². The van der Waals surface area contributed by atoms with Gasteiger partial charge in [-0.3, -0.25) is 0 Å². The second-order valence-electron chi connectivity index (χ2n) is 7.49. The lowest BCUT2D eigenvalue weighted by atomic mass is 10.0. The van der Waals surface area contributed by atoms with Crippen LogP contribution in [0.25, 0.3) is 0 Å². The fourth-order valence-corrected chi connectivity index (χ4v) is 2.88. The molecule has 0 aromatic rings. The molecular weight excluding hydrogens is 341 g/mol. The molecule has 0 atom stereocenters. The van der Waals surface area contributed by atoms with E-state index in [0.29, 0.717) is 18.9 Å². The number of unbranched alkanes of at least 4 members (excludes halogenated alkanes) is 11. The molecule has 0 aromatic heterocycles. The molecular formula is C21H41F3O2. The van der Waals surface area contributed by atoms with Crippen LogP contribution in [0.3, 0.4) is 0 Å². The smallest absolute Gasteiger partial charge is 0.381 e. The summed E-state index contributed by atoms with van der Waals surface area (Å²) in [6.45, 7) is 6.53. The predicted octanol–water partition coefficient (Wildman–Crippen LogP) is 7.45. The fourth-order valence-electron chi connectivity index (χ4n) is 2.88. The minimum Gasteiger partial charge on any atom is -0.381 e. The van der Waals surface area contributed by atoms with Gasteiger partial charge in [0, 0.05) is 26.2 Å². The normalized spacial score (nSPS) is 12.2. The fraction of sp³-hybridized carbons (Fsp3) is 1.00. The largest absolute Gasteiger partial charge is 0.389 e. The minimum absolute atomic E-state index is 0.291. The van der Waals surface area contributed by atoms with E-state index in [1.165, 1.54) is 44.9 Å². The zero-order valence-electron chi connectivity index (χ0n) is 17.0. The van der Waals surface area contributed by atoms with Crippen molar-refractivity contribution in [3.05, 3.63) is 0 Å². The maximum atomic E-state index is 12.0. The molecule has 0 amide bonds. The molecule has 0 aromatic carbocycles. The number of alkyl halides is 3. The zero-order chi connectivity index (χ0) is 19.5. The Kier molecular flexibility index (Phi) is 17.9. The van der Waals surface area contributed by atoms with Crippen molar-refractivity contribution in [2.24, 2.45) is 0 Å². The Morgan fingerprint density at radius 3 is 1.46 bits per heavy atom. The van der Waals surface area contributed by atoms with Gasteiger partial charge in [0.1, 0.15) is 0 Å². The molecule has 0 saturated carbocycles. The van der Waals surface area contributed by atoms with Crippen LogP contribution >= 0.6 is 0 Å². The molecule has 0 unspecified atom stereocenters. The van der Waals surface area contributed by atoms with Crippen LogP contribution in [0.1, 0.15) is 104 Å². The average molecular weight is 383 g/mol. The van der Waals surface area contributed by atoms with Crippen LogP contribution < -0.4 is 0 Å². The van der Waals surface area contributed by atoms with E-state index in [4.69, 9.17) is 9.47 Å². The number of rotatable bonds is 19. The summed E-state index contributed by atoms with van der Waals surface area (Å²) >= 11 is 0. The number of ether oxygens (including phenoxy) is 2. The first kappa shape index (κ1) is 25.7. The SMILES string of the molecule is CC(C)OCCCOCCCCCCCCCCCCCCC(F)(F)F. The highest BCUT2D eigenvalue weighted by Crippen LogP contribution is 2.23. The second kappa shape index (κ2) is 18.1. The third kappa shape index (κ3) is 23.7.